The zero-order chi connectivity index (χ0) is 26.5. The highest BCUT2D eigenvalue weighted by Gasteiger charge is 2.43. The molecule has 2 saturated carbocycles. The lowest BCUT2D eigenvalue weighted by molar-refractivity contribution is -0.127. The molecule has 1 N–H and O–H groups in total. The number of nitrogens with one attached hydrogen (secondary N) is 1. The summed E-state index contributed by atoms with van der Waals surface area (Å²) in [6.45, 7) is 7.31. The molecule has 0 unspecified atom stereocenters. The highest BCUT2D eigenvalue weighted by molar-refractivity contribution is 5.97. The predicted molar refractivity (Wildman–Crippen MR) is 155 cm³/mol. The zero-order valence-corrected chi connectivity index (χ0v) is 23.5. The lowest BCUT2D eigenvalue weighted by atomic mass is 9.77. The molecule has 2 fully saturated rings. The lowest BCUT2D eigenvalue weighted by Crippen LogP contribution is -2.48. The minimum absolute atomic E-state index is 0.0476. The van der Waals surface area contributed by atoms with Crippen LogP contribution in [0.3, 0.4) is 0 Å². The molecule has 0 radical (unpaired) electrons. The molecular formula is C34H46N2O2. The summed E-state index contributed by atoms with van der Waals surface area (Å²) in [5, 5.41) is 3.49. The highest BCUT2D eigenvalue weighted by Crippen LogP contribution is 2.42. The van der Waals surface area contributed by atoms with Crippen molar-refractivity contribution in [3.63, 3.8) is 0 Å². The molecule has 0 aromatic heterocycles. The van der Waals surface area contributed by atoms with Crippen molar-refractivity contribution in [2.24, 2.45) is 11.8 Å². The van der Waals surface area contributed by atoms with Crippen LogP contribution in [0, 0.1) is 11.8 Å². The van der Waals surface area contributed by atoms with Crippen LogP contribution in [0.2, 0.25) is 0 Å². The number of rotatable bonds is 8. The van der Waals surface area contributed by atoms with Gasteiger partial charge in [0.05, 0.1) is 5.41 Å². The Balaban J connectivity index is 1.08. The summed E-state index contributed by atoms with van der Waals surface area (Å²) in [6, 6.07) is 17.2. The summed E-state index contributed by atoms with van der Waals surface area (Å²) < 4.78 is 0. The molecule has 204 valence electrons. The van der Waals surface area contributed by atoms with E-state index in [1.807, 2.05) is 26.0 Å². The fourth-order valence-electron chi connectivity index (χ4n) is 7.15. The normalized spacial score (nSPS) is 23.6. The van der Waals surface area contributed by atoms with Gasteiger partial charge in [0.15, 0.2) is 5.78 Å². The van der Waals surface area contributed by atoms with Gasteiger partial charge in [-0.05, 0) is 93.0 Å². The Morgan fingerprint density at radius 1 is 0.921 bits per heavy atom. The molecule has 2 aromatic carbocycles. The molecule has 0 saturated heterocycles. The lowest BCUT2D eigenvalue weighted by Gasteiger charge is -2.34. The van der Waals surface area contributed by atoms with E-state index in [-0.39, 0.29) is 23.0 Å². The number of hydrogen-bond donors (Lipinski definition) is 1. The smallest absolute Gasteiger partial charge is 0.230 e. The van der Waals surface area contributed by atoms with Crippen molar-refractivity contribution in [3.8, 4) is 0 Å². The third-order valence-corrected chi connectivity index (χ3v) is 9.66. The average Bonchev–Trinajstić information content (AvgIpc) is 3.36. The Labute approximate surface area is 229 Å². The van der Waals surface area contributed by atoms with Gasteiger partial charge in [0.25, 0.3) is 0 Å². The maximum absolute atomic E-state index is 13.5. The first-order valence-electron chi connectivity index (χ1n) is 15.2. The van der Waals surface area contributed by atoms with Gasteiger partial charge >= 0.3 is 0 Å². The van der Waals surface area contributed by atoms with E-state index in [1.54, 1.807) is 0 Å². The van der Waals surface area contributed by atoms with Gasteiger partial charge in [0, 0.05) is 30.6 Å². The Morgan fingerprint density at radius 3 is 2.29 bits per heavy atom. The van der Waals surface area contributed by atoms with Gasteiger partial charge in [-0.2, -0.15) is 0 Å². The van der Waals surface area contributed by atoms with Crippen LogP contribution in [0.25, 0.3) is 0 Å². The molecule has 0 spiro atoms. The van der Waals surface area contributed by atoms with E-state index in [1.165, 1.54) is 36.0 Å². The molecule has 38 heavy (non-hydrogen) atoms. The number of benzene rings is 2. The van der Waals surface area contributed by atoms with Gasteiger partial charge in [-0.25, -0.2) is 0 Å². The van der Waals surface area contributed by atoms with Crippen LogP contribution in [0.5, 0.6) is 0 Å². The molecule has 0 atom stereocenters. The number of hydrogen-bond acceptors (Lipinski definition) is 3. The number of amides is 1. The predicted octanol–water partition coefficient (Wildman–Crippen LogP) is 6.50. The molecular weight excluding hydrogens is 468 g/mol. The van der Waals surface area contributed by atoms with Gasteiger partial charge in [0.1, 0.15) is 0 Å². The second-order valence-corrected chi connectivity index (χ2v) is 12.5. The quantitative estimate of drug-likeness (QED) is 0.409. The number of carbonyl (C=O) groups is 2. The third kappa shape index (κ3) is 6.06. The Bertz CT molecular complexity index is 1090. The first-order chi connectivity index (χ1) is 18.4. The van der Waals surface area contributed by atoms with Crippen molar-refractivity contribution in [2.45, 2.75) is 95.9 Å². The van der Waals surface area contributed by atoms with Crippen molar-refractivity contribution in [3.05, 3.63) is 70.8 Å². The summed E-state index contributed by atoms with van der Waals surface area (Å²) in [7, 11) is 0. The Kier molecular flexibility index (Phi) is 8.67. The fourth-order valence-corrected chi connectivity index (χ4v) is 7.15. The summed E-state index contributed by atoms with van der Waals surface area (Å²) in [5.41, 5.74) is 4.54. The van der Waals surface area contributed by atoms with E-state index < -0.39 is 0 Å². The van der Waals surface area contributed by atoms with Gasteiger partial charge in [-0.3, -0.25) is 9.59 Å². The number of carbonyl (C=O) groups excluding carboxylic acids is 2. The largest absolute Gasteiger partial charge is 0.353 e. The SMILES string of the molecule is CC(C)C(=O)c1ccc2c(c1)CCN(CCC1CCC(NC(=O)C3(c4ccccc4)CCCC3)CC1)CC2. The third-order valence-electron chi connectivity index (χ3n) is 9.66. The molecule has 4 heteroatoms. The van der Waals surface area contributed by atoms with Crippen molar-refractivity contribution >= 4 is 11.7 Å². The molecule has 0 bridgehead atoms. The maximum atomic E-state index is 13.5. The Hall–Kier alpha value is -2.46. The molecule has 2 aromatic rings. The van der Waals surface area contributed by atoms with Crippen LogP contribution in [0.4, 0.5) is 0 Å². The molecule has 3 aliphatic rings. The van der Waals surface area contributed by atoms with E-state index in [2.05, 4.69) is 46.6 Å². The highest BCUT2D eigenvalue weighted by atomic mass is 16.2. The Morgan fingerprint density at radius 2 is 1.61 bits per heavy atom. The van der Waals surface area contributed by atoms with Crippen molar-refractivity contribution in [2.75, 3.05) is 19.6 Å². The van der Waals surface area contributed by atoms with Gasteiger partial charge < -0.3 is 10.2 Å². The monoisotopic (exact) mass is 514 g/mol. The second-order valence-electron chi connectivity index (χ2n) is 12.5. The van der Waals surface area contributed by atoms with Crippen molar-refractivity contribution in [1.29, 1.82) is 0 Å². The molecule has 1 amide bonds. The van der Waals surface area contributed by atoms with E-state index in [4.69, 9.17) is 0 Å². The van der Waals surface area contributed by atoms with Gasteiger partial charge in [0.2, 0.25) is 5.91 Å². The van der Waals surface area contributed by atoms with Crippen LogP contribution < -0.4 is 5.32 Å². The van der Waals surface area contributed by atoms with Gasteiger partial charge in [-0.15, -0.1) is 0 Å². The molecule has 1 heterocycles. The van der Waals surface area contributed by atoms with Crippen molar-refractivity contribution < 1.29 is 9.59 Å². The summed E-state index contributed by atoms with van der Waals surface area (Å²) in [5.74, 6) is 1.33. The maximum Gasteiger partial charge on any atom is 0.230 e. The fraction of sp³-hybridized carbons (Fsp3) is 0.588. The number of fused-ring (bicyclic) bond motifs is 1. The van der Waals surface area contributed by atoms with E-state index in [0.717, 1.165) is 82.5 Å². The van der Waals surface area contributed by atoms with E-state index in [0.29, 0.717) is 6.04 Å². The first-order valence-corrected chi connectivity index (χ1v) is 15.2. The number of nitrogens with zero attached hydrogens (tertiary/aromatic N) is 1. The zero-order valence-electron chi connectivity index (χ0n) is 23.5. The minimum atomic E-state index is -0.314. The molecule has 5 rings (SSSR count). The number of ketones is 1. The van der Waals surface area contributed by atoms with Gasteiger partial charge in [-0.1, -0.05) is 69.2 Å². The van der Waals surface area contributed by atoms with Crippen LogP contribution >= 0.6 is 0 Å². The van der Waals surface area contributed by atoms with Crippen molar-refractivity contribution in [1.82, 2.24) is 10.2 Å². The number of Topliss-reactive ketones (excluding diaryl/α,β-unsaturated/α-hetero) is 1. The first kappa shape index (κ1) is 27.1. The van der Waals surface area contributed by atoms with Crippen LogP contribution in [-0.2, 0) is 23.1 Å². The topological polar surface area (TPSA) is 49.4 Å². The molecule has 4 nitrogen and oxygen atoms in total. The summed E-state index contributed by atoms with van der Waals surface area (Å²) in [4.78, 5) is 28.6. The van der Waals surface area contributed by atoms with E-state index in [9.17, 15) is 9.59 Å². The summed E-state index contributed by atoms with van der Waals surface area (Å²) in [6.07, 6.45) is 12.3. The van der Waals surface area contributed by atoms with Crippen LogP contribution in [-0.4, -0.2) is 42.3 Å². The van der Waals surface area contributed by atoms with E-state index >= 15 is 0 Å². The minimum Gasteiger partial charge on any atom is -0.353 e. The standard InChI is InChI=1S/C34H46N2O2/c1-25(2)32(37)29-13-12-27-17-22-36(23-18-28(27)24-29)21-16-26-10-14-31(15-11-26)35-33(38)34(19-6-7-20-34)30-8-4-3-5-9-30/h3-5,8-9,12-13,24-26,31H,6-7,10-11,14-23H2,1-2H3,(H,35,38). The average molecular weight is 515 g/mol. The molecule has 2 aliphatic carbocycles. The van der Waals surface area contributed by atoms with Crippen LogP contribution in [0.1, 0.15) is 98.7 Å². The summed E-state index contributed by atoms with van der Waals surface area (Å²) >= 11 is 0. The second kappa shape index (κ2) is 12.2. The van der Waals surface area contributed by atoms with Crippen LogP contribution in [0.15, 0.2) is 48.5 Å². The molecule has 1 aliphatic heterocycles.